The van der Waals surface area contributed by atoms with E-state index in [4.69, 9.17) is 15.6 Å². The number of aryl methyl sites for hydroxylation is 2. The first-order valence-corrected chi connectivity index (χ1v) is 7.77. The van der Waals surface area contributed by atoms with Crippen LogP contribution in [0.25, 0.3) is 0 Å². The van der Waals surface area contributed by atoms with E-state index in [2.05, 4.69) is 5.10 Å². The van der Waals surface area contributed by atoms with Crippen LogP contribution in [0.3, 0.4) is 0 Å². The zero-order valence-corrected chi connectivity index (χ0v) is 13.2. The number of anilines is 1. The molecule has 0 atom stereocenters. The highest BCUT2D eigenvalue weighted by molar-refractivity contribution is 7.89. The fourth-order valence-electron chi connectivity index (χ4n) is 2.10. The molecule has 1 aromatic heterocycles. The van der Waals surface area contributed by atoms with Crippen LogP contribution in [0.4, 0.5) is 5.69 Å². The molecule has 0 aliphatic rings. The van der Waals surface area contributed by atoms with Crippen molar-refractivity contribution < 1.29 is 13.2 Å². The number of nitrogens with two attached hydrogens (primary N) is 2. The first-order valence-electron chi connectivity index (χ1n) is 6.22. The first kappa shape index (κ1) is 15.3. The minimum atomic E-state index is -3.87. The van der Waals surface area contributed by atoms with Crippen molar-refractivity contribution in [1.82, 2.24) is 9.78 Å². The molecule has 0 saturated carbocycles. The van der Waals surface area contributed by atoms with Crippen molar-refractivity contribution in [2.24, 2.45) is 12.2 Å². The maximum Gasteiger partial charge on any atom is 0.238 e. The van der Waals surface area contributed by atoms with Gasteiger partial charge in [0.05, 0.1) is 10.6 Å². The number of sulfonamides is 1. The number of rotatable bonds is 3. The van der Waals surface area contributed by atoms with Gasteiger partial charge in [-0.3, -0.25) is 4.68 Å². The summed E-state index contributed by atoms with van der Waals surface area (Å²) < 4.78 is 30.7. The molecule has 0 spiro atoms. The molecule has 0 saturated heterocycles. The smallest absolute Gasteiger partial charge is 0.238 e. The number of nitrogens with zero attached hydrogens (tertiary/aromatic N) is 2. The standard InChI is InChI=1S/C13H18N4O3S/c1-7-11(5-10(14)6-12(7)21(15,18)19)20-13-8(2)16-17(4)9(13)3/h5-6H,14H2,1-4H3,(H2,15,18,19). The molecule has 0 fully saturated rings. The second kappa shape index (κ2) is 5.05. The number of nitrogen functional groups attached to an aromatic ring is 1. The Bertz CT molecular complexity index is 809. The van der Waals surface area contributed by atoms with Gasteiger partial charge in [-0.25, -0.2) is 13.6 Å². The van der Waals surface area contributed by atoms with E-state index >= 15 is 0 Å². The Morgan fingerprint density at radius 3 is 2.33 bits per heavy atom. The molecule has 0 radical (unpaired) electrons. The Labute approximate surface area is 123 Å². The third-order valence-electron chi connectivity index (χ3n) is 3.30. The molecule has 0 aliphatic heterocycles. The number of ether oxygens (including phenoxy) is 1. The summed E-state index contributed by atoms with van der Waals surface area (Å²) in [6.45, 7) is 5.29. The van der Waals surface area contributed by atoms with Crippen molar-refractivity contribution in [1.29, 1.82) is 0 Å². The van der Waals surface area contributed by atoms with Gasteiger partial charge in [-0.15, -0.1) is 0 Å². The molecule has 21 heavy (non-hydrogen) atoms. The summed E-state index contributed by atoms with van der Waals surface area (Å²) in [7, 11) is -2.06. The highest BCUT2D eigenvalue weighted by Gasteiger charge is 2.19. The maximum atomic E-state index is 11.6. The van der Waals surface area contributed by atoms with E-state index in [9.17, 15) is 8.42 Å². The minimum Gasteiger partial charge on any atom is -0.453 e. The molecule has 0 aliphatic carbocycles. The highest BCUT2D eigenvalue weighted by Crippen LogP contribution is 2.34. The van der Waals surface area contributed by atoms with Crippen LogP contribution in [0, 0.1) is 20.8 Å². The molecule has 2 rings (SSSR count). The van der Waals surface area contributed by atoms with Crippen molar-refractivity contribution in [2.75, 3.05) is 5.73 Å². The third-order valence-corrected chi connectivity index (χ3v) is 4.33. The van der Waals surface area contributed by atoms with Crippen LogP contribution in [-0.2, 0) is 17.1 Å². The van der Waals surface area contributed by atoms with Crippen LogP contribution in [0.5, 0.6) is 11.5 Å². The maximum absolute atomic E-state index is 11.6. The van der Waals surface area contributed by atoms with Crippen molar-refractivity contribution in [3.05, 3.63) is 29.1 Å². The van der Waals surface area contributed by atoms with E-state index in [1.54, 1.807) is 24.7 Å². The Balaban J connectivity index is 2.58. The van der Waals surface area contributed by atoms with Crippen molar-refractivity contribution in [2.45, 2.75) is 25.7 Å². The van der Waals surface area contributed by atoms with Gasteiger partial charge in [0.15, 0.2) is 5.75 Å². The van der Waals surface area contributed by atoms with Gasteiger partial charge in [-0.05, 0) is 26.8 Å². The van der Waals surface area contributed by atoms with Crippen molar-refractivity contribution in [3.8, 4) is 11.5 Å². The second-order valence-corrected chi connectivity index (χ2v) is 6.44. The van der Waals surface area contributed by atoms with Crippen LogP contribution in [0.15, 0.2) is 17.0 Å². The van der Waals surface area contributed by atoms with Gasteiger partial charge in [-0.2, -0.15) is 5.10 Å². The average Bonchev–Trinajstić information content (AvgIpc) is 2.58. The summed E-state index contributed by atoms with van der Waals surface area (Å²) in [5.41, 5.74) is 7.94. The van der Waals surface area contributed by atoms with E-state index in [-0.39, 0.29) is 10.6 Å². The second-order valence-electron chi connectivity index (χ2n) is 4.91. The number of hydrogen-bond donors (Lipinski definition) is 2. The van der Waals surface area contributed by atoms with Crippen molar-refractivity contribution >= 4 is 15.7 Å². The number of primary sulfonamides is 1. The Morgan fingerprint density at radius 2 is 1.86 bits per heavy atom. The van der Waals surface area contributed by atoms with E-state index < -0.39 is 10.0 Å². The quantitative estimate of drug-likeness (QED) is 0.831. The molecule has 0 bridgehead atoms. The molecule has 0 unspecified atom stereocenters. The van der Waals surface area contributed by atoms with Gasteiger partial charge in [-0.1, -0.05) is 0 Å². The Kier molecular flexibility index (Phi) is 3.68. The normalized spacial score (nSPS) is 11.7. The molecule has 7 nitrogen and oxygen atoms in total. The lowest BCUT2D eigenvalue weighted by atomic mass is 10.2. The van der Waals surface area contributed by atoms with Crippen LogP contribution < -0.4 is 15.6 Å². The van der Waals surface area contributed by atoms with Gasteiger partial charge < -0.3 is 10.5 Å². The van der Waals surface area contributed by atoms with Gasteiger partial charge >= 0.3 is 0 Å². The van der Waals surface area contributed by atoms with Gasteiger partial charge in [0, 0.05) is 24.4 Å². The lowest BCUT2D eigenvalue weighted by Gasteiger charge is -2.13. The van der Waals surface area contributed by atoms with Gasteiger partial charge in [0.1, 0.15) is 11.4 Å². The van der Waals surface area contributed by atoms with Gasteiger partial charge in [0.25, 0.3) is 0 Å². The monoisotopic (exact) mass is 310 g/mol. The van der Waals surface area contributed by atoms with E-state index in [0.717, 1.165) is 5.69 Å². The average molecular weight is 310 g/mol. The predicted molar refractivity (Wildman–Crippen MR) is 79.7 cm³/mol. The summed E-state index contributed by atoms with van der Waals surface area (Å²) in [5, 5.41) is 9.44. The van der Waals surface area contributed by atoms with Gasteiger partial charge in [0.2, 0.25) is 10.0 Å². The highest BCUT2D eigenvalue weighted by atomic mass is 32.2. The van der Waals surface area contributed by atoms with E-state index in [0.29, 0.717) is 22.8 Å². The van der Waals surface area contributed by atoms with E-state index in [1.807, 2.05) is 13.8 Å². The number of aromatic nitrogens is 2. The van der Waals surface area contributed by atoms with Crippen LogP contribution in [0.1, 0.15) is 17.0 Å². The zero-order chi connectivity index (χ0) is 15.9. The van der Waals surface area contributed by atoms with Crippen LogP contribution >= 0.6 is 0 Å². The zero-order valence-electron chi connectivity index (χ0n) is 12.3. The number of hydrogen-bond acceptors (Lipinski definition) is 5. The summed E-state index contributed by atoms with van der Waals surface area (Å²) in [6.07, 6.45) is 0. The predicted octanol–water partition coefficient (Wildman–Crippen LogP) is 1.37. The minimum absolute atomic E-state index is 0.0447. The lowest BCUT2D eigenvalue weighted by molar-refractivity contribution is 0.468. The lowest BCUT2D eigenvalue weighted by Crippen LogP contribution is -2.14. The fraction of sp³-hybridized carbons (Fsp3) is 0.308. The summed E-state index contributed by atoms with van der Waals surface area (Å²) in [4.78, 5) is -0.0447. The summed E-state index contributed by atoms with van der Waals surface area (Å²) >= 11 is 0. The molecular weight excluding hydrogens is 292 g/mol. The number of benzene rings is 1. The molecule has 1 heterocycles. The van der Waals surface area contributed by atoms with Crippen molar-refractivity contribution in [3.63, 3.8) is 0 Å². The molecule has 4 N–H and O–H groups in total. The van der Waals surface area contributed by atoms with Crippen LogP contribution in [0.2, 0.25) is 0 Å². The Hall–Kier alpha value is -2.06. The van der Waals surface area contributed by atoms with Crippen LogP contribution in [-0.4, -0.2) is 18.2 Å². The first-order chi connectivity index (χ1) is 9.61. The topological polar surface area (TPSA) is 113 Å². The molecule has 2 aromatic rings. The third kappa shape index (κ3) is 2.86. The Morgan fingerprint density at radius 1 is 1.24 bits per heavy atom. The molecule has 1 aromatic carbocycles. The molecule has 0 amide bonds. The fourth-order valence-corrected chi connectivity index (χ4v) is 2.92. The molecule has 114 valence electrons. The summed E-state index contributed by atoms with van der Waals surface area (Å²) in [5.74, 6) is 0.921. The largest absolute Gasteiger partial charge is 0.453 e. The SMILES string of the molecule is Cc1nn(C)c(C)c1Oc1cc(N)cc(S(N)(=O)=O)c1C. The molecular formula is C13H18N4O3S. The summed E-state index contributed by atoms with van der Waals surface area (Å²) in [6, 6.07) is 2.89. The molecule has 8 heteroatoms. The van der Waals surface area contributed by atoms with E-state index in [1.165, 1.54) is 6.07 Å².